The minimum atomic E-state index is 0.0398. The molecule has 5 heteroatoms. The average molecular weight is 248 g/mol. The van der Waals surface area contributed by atoms with Gasteiger partial charge in [-0.25, -0.2) is 0 Å². The van der Waals surface area contributed by atoms with Crippen LogP contribution in [0, 0.1) is 0 Å². The van der Waals surface area contributed by atoms with E-state index in [4.69, 9.17) is 0 Å². The maximum Gasteiger partial charge on any atom is 0.160 e. The summed E-state index contributed by atoms with van der Waals surface area (Å²) in [4.78, 5) is 0. The summed E-state index contributed by atoms with van der Waals surface area (Å²) in [7, 11) is 1.87. The van der Waals surface area contributed by atoms with Crippen molar-refractivity contribution in [1.82, 2.24) is 20.1 Å². The van der Waals surface area contributed by atoms with Crippen LogP contribution in [0.1, 0.15) is 38.0 Å². The van der Waals surface area contributed by atoms with E-state index in [2.05, 4.69) is 28.2 Å². The highest BCUT2D eigenvalue weighted by Crippen LogP contribution is 2.17. The zero-order chi connectivity index (χ0) is 13.5. The third kappa shape index (κ3) is 3.30. The van der Waals surface area contributed by atoms with Crippen molar-refractivity contribution in [2.75, 3.05) is 7.05 Å². The maximum atomic E-state index is 9.42. The molecule has 0 fully saturated rings. The lowest BCUT2D eigenvalue weighted by molar-refractivity contribution is 0.416. The highest BCUT2D eigenvalue weighted by Gasteiger charge is 2.17. The Hall–Kier alpha value is -1.88. The topological polar surface area (TPSA) is 63.0 Å². The Morgan fingerprint density at radius 1 is 1.56 bits per heavy atom. The number of hydrogen-bond donors (Lipinski definition) is 2. The van der Waals surface area contributed by atoms with E-state index in [1.165, 1.54) is 0 Å². The van der Waals surface area contributed by atoms with Gasteiger partial charge in [0.05, 0.1) is 6.04 Å². The van der Waals surface area contributed by atoms with Crippen molar-refractivity contribution in [2.24, 2.45) is 0 Å². The molecule has 1 atom stereocenters. The molecule has 0 aliphatic carbocycles. The van der Waals surface area contributed by atoms with E-state index in [1.54, 1.807) is 23.8 Å². The lowest BCUT2D eigenvalue weighted by Crippen LogP contribution is -2.19. The average Bonchev–Trinajstić information content (AvgIpc) is 2.73. The van der Waals surface area contributed by atoms with Gasteiger partial charge in [0, 0.05) is 6.20 Å². The number of rotatable bonds is 6. The number of aliphatic hydroxyl groups is 1. The molecule has 18 heavy (non-hydrogen) atoms. The molecule has 1 unspecified atom stereocenters. The standard InChI is InChI=1S/C13H20N4O/c1-5-7-8-11(14-4)13-16-15-12(6-2)17(13)9-10(3)18/h5-7,9,11,14,18H,2,8H2,1,3-4H3/b7-5+,10-9+. The summed E-state index contributed by atoms with van der Waals surface area (Å²) in [6.45, 7) is 7.28. The summed E-state index contributed by atoms with van der Waals surface area (Å²) in [5.74, 6) is 1.55. The number of aliphatic hydroxyl groups excluding tert-OH is 1. The molecular formula is C13H20N4O. The van der Waals surface area contributed by atoms with Crippen molar-refractivity contribution in [3.8, 4) is 0 Å². The summed E-state index contributed by atoms with van der Waals surface area (Å²) < 4.78 is 1.74. The summed E-state index contributed by atoms with van der Waals surface area (Å²) in [5, 5.41) is 20.8. The van der Waals surface area contributed by atoms with Crippen LogP contribution in [-0.4, -0.2) is 26.9 Å². The molecule has 1 aromatic rings. The zero-order valence-electron chi connectivity index (χ0n) is 11.1. The fourth-order valence-electron chi connectivity index (χ4n) is 1.64. The third-order valence-corrected chi connectivity index (χ3v) is 2.51. The number of allylic oxidation sites excluding steroid dienone is 2. The first-order valence-corrected chi connectivity index (χ1v) is 5.87. The summed E-state index contributed by atoms with van der Waals surface area (Å²) >= 11 is 0. The zero-order valence-corrected chi connectivity index (χ0v) is 11.1. The van der Waals surface area contributed by atoms with E-state index < -0.39 is 0 Å². The first-order chi connectivity index (χ1) is 8.63. The molecule has 1 aromatic heterocycles. The van der Waals surface area contributed by atoms with E-state index in [1.807, 2.05) is 20.0 Å². The second kappa shape index (κ2) is 6.76. The third-order valence-electron chi connectivity index (χ3n) is 2.51. The van der Waals surface area contributed by atoms with Crippen molar-refractivity contribution in [3.05, 3.63) is 36.1 Å². The minimum Gasteiger partial charge on any atom is -0.511 e. The summed E-state index contributed by atoms with van der Waals surface area (Å²) in [6.07, 6.45) is 8.06. The molecular weight excluding hydrogens is 228 g/mol. The second-order valence-corrected chi connectivity index (χ2v) is 3.91. The van der Waals surface area contributed by atoms with E-state index in [9.17, 15) is 5.11 Å². The van der Waals surface area contributed by atoms with Crippen LogP contribution in [0.2, 0.25) is 0 Å². The van der Waals surface area contributed by atoms with E-state index in [0.717, 1.165) is 12.2 Å². The van der Waals surface area contributed by atoms with Crippen LogP contribution in [0.3, 0.4) is 0 Å². The van der Waals surface area contributed by atoms with E-state index in [0.29, 0.717) is 5.82 Å². The van der Waals surface area contributed by atoms with E-state index in [-0.39, 0.29) is 11.8 Å². The van der Waals surface area contributed by atoms with Gasteiger partial charge in [-0.2, -0.15) is 0 Å². The fraction of sp³-hybridized carbons (Fsp3) is 0.385. The van der Waals surface area contributed by atoms with Crippen LogP contribution in [-0.2, 0) is 0 Å². The number of nitrogens with zero attached hydrogens (tertiary/aromatic N) is 3. The Morgan fingerprint density at radius 3 is 2.78 bits per heavy atom. The Balaban J connectivity index is 3.17. The highest BCUT2D eigenvalue weighted by molar-refractivity contribution is 5.44. The molecule has 0 aliphatic heterocycles. The lowest BCUT2D eigenvalue weighted by atomic mass is 10.2. The molecule has 0 spiro atoms. The van der Waals surface area contributed by atoms with Crippen LogP contribution in [0.25, 0.3) is 12.3 Å². The Bertz CT molecular complexity index is 456. The van der Waals surface area contributed by atoms with Crippen LogP contribution in [0.5, 0.6) is 0 Å². The van der Waals surface area contributed by atoms with Gasteiger partial charge in [-0.05, 0) is 33.4 Å². The molecule has 0 aromatic carbocycles. The van der Waals surface area contributed by atoms with Crippen LogP contribution in [0.4, 0.5) is 0 Å². The van der Waals surface area contributed by atoms with Crippen molar-refractivity contribution >= 4 is 12.3 Å². The van der Waals surface area contributed by atoms with Crippen LogP contribution in [0.15, 0.2) is 24.5 Å². The molecule has 2 N–H and O–H groups in total. The van der Waals surface area contributed by atoms with Crippen molar-refractivity contribution in [2.45, 2.75) is 26.3 Å². The maximum absolute atomic E-state index is 9.42. The first kappa shape index (κ1) is 14.2. The number of hydrogen-bond acceptors (Lipinski definition) is 4. The number of aromatic nitrogens is 3. The van der Waals surface area contributed by atoms with Crippen molar-refractivity contribution in [3.63, 3.8) is 0 Å². The molecule has 0 amide bonds. The van der Waals surface area contributed by atoms with Crippen molar-refractivity contribution in [1.29, 1.82) is 0 Å². The molecule has 98 valence electrons. The van der Waals surface area contributed by atoms with Gasteiger partial charge >= 0.3 is 0 Å². The largest absolute Gasteiger partial charge is 0.511 e. The van der Waals surface area contributed by atoms with Gasteiger partial charge < -0.3 is 10.4 Å². The van der Waals surface area contributed by atoms with Crippen LogP contribution < -0.4 is 5.32 Å². The minimum absolute atomic E-state index is 0.0398. The molecule has 1 heterocycles. The number of nitrogens with one attached hydrogen (secondary N) is 1. The van der Waals surface area contributed by atoms with E-state index >= 15 is 0 Å². The predicted molar refractivity (Wildman–Crippen MR) is 73.9 cm³/mol. The molecule has 0 bridgehead atoms. The molecule has 0 saturated carbocycles. The van der Waals surface area contributed by atoms with Gasteiger partial charge in [0.1, 0.15) is 5.76 Å². The molecule has 0 radical (unpaired) electrons. The van der Waals surface area contributed by atoms with Gasteiger partial charge in [-0.1, -0.05) is 18.7 Å². The summed E-state index contributed by atoms with van der Waals surface area (Å²) in [6, 6.07) is 0.0398. The van der Waals surface area contributed by atoms with Gasteiger partial charge in [0.15, 0.2) is 11.6 Å². The lowest BCUT2D eigenvalue weighted by Gasteiger charge is -2.13. The normalized spacial score (nSPS) is 14.1. The molecule has 5 nitrogen and oxygen atoms in total. The van der Waals surface area contributed by atoms with Gasteiger partial charge in [0.25, 0.3) is 0 Å². The Morgan fingerprint density at radius 2 is 2.28 bits per heavy atom. The fourth-order valence-corrected chi connectivity index (χ4v) is 1.64. The highest BCUT2D eigenvalue weighted by atomic mass is 16.3. The van der Waals surface area contributed by atoms with Gasteiger partial charge in [-0.15, -0.1) is 10.2 Å². The monoisotopic (exact) mass is 248 g/mol. The van der Waals surface area contributed by atoms with Gasteiger partial charge in [0.2, 0.25) is 0 Å². The Kier molecular flexibility index (Phi) is 5.32. The second-order valence-electron chi connectivity index (χ2n) is 3.91. The van der Waals surface area contributed by atoms with Crippen molar-refractivity contribution < 1.29 is 5.11 Å². The summed E-state index contributed by atoms with van der Waals surface area (Å²) in [5.41, 5.74) is 0. The van der Waals surface area contributed by atoms with Gasteiger partial charge in [-0.3, -0.25) is 4.57 Å². The quantitative estimate of drug-likeness (QED) is 0.600. The van der Waals surface area contributed by atoms with Crippen LogP contribution >= 0.6 is 0 Å². The SMILES string of the molecule is C=Cc1nnc(C(C/C=C/C)NC)n1/C=C(\C)O. The molecule has 0 aliphatic rings. The molecule has 1 rings (SSSR count). The molecule has 0 saturated heterocycles. The first-order valence-electron chi connectivity index (χ1n) is 5.87. The smallest absolute Gasteiger partial charge is 0.160 e. The Labute approximate surface area is 108 Å². The predicted octanol–water partition coefficient (Wildman–Crippen LogP) is 2.52.